The highest BCUT2D eigenvalue weighted by molar-refractivity contribution is 7.10. The lowest BCUT2D eigenvalue weighted by atomic mass is 10.2. The fourth-order valence-corrected chi connectivity index (χ4v) is 2.53. The van der Waals surface area contributed by atoms with Crippen LogP contribution in [0.15, 0.2) is 17.5 Å². The number of nitrogens with zero attached hydrogens (tertiary/aromatic N) is 1. The average molecular weight is 209 g/mol. The number of likely N-dealkylation sites (tertiary alicyclic amines) is 1. The number of carbonyl (C=O) groups excluding carboxylic acids is 1. The first-order valence-corrected chi connectivity index (χ1v) is 5.94. The van der Waals surface area contributed by atoms with Crippen molar-refractivity contribution in [3.63, 3.8) is 0 Å². The Morgan fingerprint density at radius 3 is 3.14 bits per heavy atom. The summed E-state index contributed by atoms with van der Waals surface area (Å²) in [6, 6.07) is 4.03. The molecule has 2 heterocycles. The molecule has 2 rings (SSSR count). The smallest absolute Gasteiger partial charge is 0.227 e. The number of carbonyl (C=O) groups is 1. The van der Waals surface area contributed by atoms with E-state index in [1.54, 1.807) is 11.3 Å². The summed E-state index contributed by atoms with van der Waals surface area (Å²) in [5, 5.41) is 2.02. The Labute approximate surface area is 88.5 Å². The Bertz CT molecular complexity index is 307. The summed E-state index contributed by atoms with van der Waals surface area (Å²) in [4.78, 5) is 15.0. The molecule has 0 aromatic carbocycles. The third-order valence-electron chi connectivity index (χ3n) is 2.68. The van der Waals surface area contributed by atoms with E-state index in [1.807, 2.05) is 22.4 Å². The maximum Gasteiger partial charge on any atom is 0.227 e. The van der Waals surface area contributed by atoms with Crippen molar-refractivity contribution in [1.29, 1.82) is 0 Å². The van der Waals surface area contributed by atoms with E-state index >= 15 is 0 Å². The van der Waals surface area contributed by atoms with Gasteiger partial charge in [0.05, 0.1) is 6.42 Å². The maximum atomic E-state index is 11.8. The van der Waals surface area contributed by atoms with Crippen LogP contribution in [0.25, 0.3) is 0 Å². The zero-order valence-corrected chi connectivity index (χ0v) is 9.22. The highest BCUT2D eigenvalue weighted by Crippen LogP contribution is 2.17. The molecule has 0 N–H and O–H groups in total. The molecule has 1 atom stereocenters. The molecule has 2 nitrogen and oxygen atoms in total. The van der Waals surface area contributed by atoms with E-state index in [1.165, 1.54) is 4.88 Å². The summed E-state index contributed by atoms with van der Waals surface area (Å²) in [7, 11) is 0. The molecule has 1 fully saturated rings. The zero-order chi connectivity index (χ0) is 9.97. The Kier molecular flexibility index (Phi) is 2.87. The first-order valence-electron chi connectivity index (χ1n) is 5.06. The van der Waals surface area contributed by atoms with E-state index < -0.39 is 0 Å². The van der Waals surface area contributed by atoms with Crippen LogP contribution < -0.4 is 0 Å². The molecule has 0 aliphatic carbocycles. The van der Waals surface area contributed by atoms with Gasteiger partial charge in [-0.1, -0.05) is 13.0 Å². The summed E-state index contributed by atoms with van der Waals surface area (Å²) in [6.07, 6.45) is 1.75. The van der Waals surface area contributed by atoms with Crippen molar-refractivity contribution < 1.29 is 4.79 Å². The molecule has 1 amide bonds. The summed E-state index contributed by atoms with van der Waals surface area (Å²) >= 11 is 1.66. The van der Waals surface area contributed by atoms with Crippen molar-refractivity contribution in [1.82, 2.24) is 4.90 Å². The fraction of sp³-hybridized carbons (Fsp3) is 0.545. The van der Waals surface area contributed by atoms with Crippen molar-refractivity contribution >= 4 is 17.2 Å². The van der Waals surface area contributed by atoms with Crippen LogP contribution in [0.1, 0.15) is 18.2 Å². The van der Waals surface area contributed by atoms with Crippen LogP contribution in [0.3, 0.4) is 0 Å². The topological polar surface area (TPSA) is 20.3 Å². The van der Waals surface area contributed by atoms with Crippen LogP contribution in [-0.2, 0) is 11.2 Å². The molecule has 1 unspecified atom stereocenters. The molecule has 1 aromatic rings. The highest BCUT2D eigenvalue weighted by atomic mass is 32.1. The molecular weight excluding hydrogens is 194 g/mol. The summed E-state index contributed by atoms with van der Waals surface area (Å²) in [5.41, 5.74) is 0. The second-order valence-electron chi connectivity index (χ2n) is 3.99. The number of hydrogen-bond donors (Lipinski definition) is 0. The number of thiophene rings is 1. The minimum absolute atomic E-state index is 0.289. The van der Waals surface area contributed by atoms with E-state index in [4.69, 9.17) is 0 Å². The molecule has 1 aliphatic rings. The van der Waals surface area contributed by atoms with E-state index in [2.05, 4.69) is 6.92 Å². The molecule has 1 aromatic heterocycles. The molecule has 0 spiro atoms. The molecule has 0 bridgehead atoms. The quantitative estimate of drug-likeness (QED) is 0.731. The van der Waals surface area contributed by atoms with Crippen molar-refractivity contribution in [2.24, 2.45) is 5.92 Å². The Hall–Kier alpha value is -0.830. The lowest BCUT2D eigenvalue weighted by Gasteiger charge is -2.14. The van der Waals surface area contributed by atoms with E-state index in [9.17, 15) is 4.79 Å². The fourth-order valence-electron chi connectivity index (χ4n) is 1.84. The molecule has 1 aliphatic heterocycles. The molecule has 0 saturated carbocycles. The van der Waals surface area contributed by atoms with Gasteiger partial charge in [-0.25, -0.2) is 0 Å². The van der Waals surface area contributed by atoms with Crippen molar-refractivity contribution in [3.05, 3.63) is 22.4 Å². The minimum Gasteiger partial charge on any atom is -0.342 e. The van der Waals surface area contributed by atoms with E-state index in [0.29, 0.717) is 12.3 Å². The Balaban J connectivity index is 1.90. The van der Waals surface area contributed by atoms with Crippen LogP contribution in [0.4, 0.5) is 0 Å². The SMILES string of the molecule is CC1CCN(C(=O)Cc2cccs2)C1. The predicted octanol–water partition coefficient (Wildman–Crippen LogP) is 2.16. The van der Waals surface area contributed by atoms with E-state index in [-0.39, 0.29) is 5.91 Å². The molecule has 1 saturated heterocycles. The van der Waals surface area contributed by atoms with Crippen LogP contribution in [-0.4, -0.2) is 23.9 Å². The summed E-state index contributed by atoms with van der Waals surface area (Å²) in [6.45, 7) is 4.11. The second kappa shape index (κ2) is 4.13. The van der Waals surface area contributed by atoms with Gasteiger partial charge in [-0.2, -0.15) is 0 Å². The standard InChI is InChI=1S/C11H15NOS/c1-9-4-5-12(8-9)11(13)7-10-3-2-6-14-10/h2-3,6,9H,4-5,7-8H2,1H3. The summed E-state index contributed by atoms with van der Waals surface area (Å²) < 4.78 is 0. The molecule has 0 radical (unpaired) electrons. The largest absolute Gasteiger partial charge is 0.342 e. The van der Waals surface area contributed by atoms with Gasteiger partial charge in [-0.15, -0.1) is 11.3 Å². The normalized spacial score (nSPS) is 21.5. The Morgan fingerprint density at radius 1 is 1.71 bits per heavy atom. The second-order valence-corrected chi connectivity index (χ2v) is 5.02. The predicted molar refractivity (Wildman–Crippen MR) is 58.4 cm³/mol. The van der Waals surface area contributed by atoms with Gasteiger partial charge in [0.25, 0.3) is 0 Å². The van der Waals surface area contributed by atoms with Gasteiger partial charge in [0.1, 0.15) is 0 Å². The number of rotatable bonds is 2. The van der Waals surface area contributed by atoms with Gasteiger partial charge < -0.3 is 4.90 Å². The van der Waals surface area contributed by atoms with E-state index in [0.717, 1.165) is 19.5 Å². The third kappa shape index (κ3) is 2.15. The molecular formula is C11H15NOS. The van der Waals surface area contributed by atoms with Gasteiger partial charge in [0.2, 0.25) is 5.91 Å². The Morgan fingerprint density at radius 2 is 2.57 bits per heavy atom. The van der Waals surface area contributed by atoms with Gasteiger partial charge in [-0.3, -0.25) is 4.79 Å². The van der Waals surface area contributed by atoms with Gasteiger partial charge in [-0.05, 0) is 23.8 Å². The monoisotopic (exact) mass is 209 g/mol. The van der Waals surface area contributed by atoms with Gasteiger partial charge in [0, 0.05) is 18.0 Å². The first-order chi connectivity index (χ1) is 6.75. The number of hydrogen-bond acceptors (Lipinski definition) is 2. The van der Waals surface area contributed by atoms with Gasteiger partial charge in [0.15, 0.2) is 0 Å². The van der Waals surface area contributed by atoms with Crippen molar-refractivity contribution in [2.45, 2.75) is 19.8 Å². The average Bonchev–Trinajstić information content (AvgIpc) is 2.75. The van der Waals surface area contributed by atoms with Gasteiger partial charge >= 0.3 is 0 Å². The van der Waals surface area contributed by atoms with Crippen LogP contribution in [0.2, 0.25) is 0 Å². The minimum atomic E-state index is 0.289. The molecule has 14 heavy (non-hydrogen) atoms. The lowest BCUT2D eigenvalue weighted by molar-refractivity contribution is -0.129. The molecule has 3 heteroatoms. The highest BCUT2D eigenvalue weighted by Gasteiger charge is 2.22. The lowest BCUT2D eigenvalue weighted by Crippen LogP contribution is -2.29. The molecule has 76 valence electrons. The zero-order valence-electron chi connectivity index (χ0n) is 8.40. The first kappa shape index (κ1) is 9.71. The van der Waals surface area contributed by atoms with Crippen LogP contribution in [0, 0.1) is 5.92 Å². The van der Waals surface area contributed by atoms with Crippen LogP contribution in [0.5, 0.6) is 0 Å². The number of amides is 1. The third-order valence-corrected chi connectivity index (χ3v) is 3.56. The van der Waals surface area contributed by atoms with Crippen molar-refractivity contribution in [2.75, 3.05) is 13.1 Å². The van der Waals surface area contributed by atoms with Crippen LogP contribution >= 0.6 is 11.3 Å². The maximum absolute atomic E-state index is 11.8. The summed E-state index contributed by atoms with van der Waals surface area (Å²) in [5.74, 6) is 0.971. The van der Waals surface area contributed by atoms with Crippen molar-refractivity contribution in [3.8, 4) is 0 Å².